The number of ether oxygens (including phenoxy) is 1. The zero-order chi connectivity index (χ0) is 19.3. The van der Waals surface area contributed by atoms with E-state index >= 15 is 0 Å². The maximum absolute atomic E-state index is 12.6. The average Bonchev–Trinajstić information content (AvgIpc) is 2.95. The number of rotatable bonds is 7. The summed E-state index contributed by atoms with van der Waals surface area (Å²) in [4.78, 5) is 16.5. The van der Waals surface area contributed by atoms with E-state index in [1.165, 1.54) is 0 Å². The van der Waals surface area contributed by atoms with Crippen molar-refractivity contribution in [3.63, 3.8) is 0 Å². The third kappa shape index (κ3) is 5.95. The number of aromatic amines is 1. The highest BCUT2D eigenvalue weighted by Gasteiger charge is 2.28. The summed E-state index contributed by atoms with van der Waals surface area (Å²) in [5, 5.41) is 7.04. The summed E-state index contributed by atoms with van der Waals surface area (Å²) in [6.07, 6.45) is -3.74. The Kier molecular flexibility index (Phi) is 7.48. The van der Waals surface area contributed by atoms with Crippen LogP contribution in [0, 0.1) is 0 Å². The Labute approximate surface area is 159 Å². The van der Waals surface area contributed by atoms with E-state index in [1.807, 2.05) is 13.8 Å². The molecule has 2 rings (SSSR count). The summed E-state index contributed by atoms with van der Waals surface area (Å²) in [7, 11) is 0. The number of hydrogen-bond donors (Lipinski definition) is 1. The topological polar surface area (TPSA) is 61.5 Å². The molecule has 0 spiro atoms. The van der Waals surface area contributed by atoms with Crippen molar-refractivity contribution < 1.29 is 22.7 Å². The summed E-state index contributed by atoms with van der Waals surface area (Å²) in [6.45, 7) is 6.07. The second kappa shape index (κ2) is 9.18. The molecule has 0 bridgehead atoms. The number of aromatic nitrogens is 2. The van der Waals surface area contributed by atoms with Gasteiger partial charge in [-0.2, -0.15) is 18.3 Å². The van der Waals surface area contributed by atoms with Crippen LogP contribution in [-0.2, 0) is 4.74 Å². The lowest BCUT2D eigenvalue weighted by molar-refractivity contribution is -0.174. The smallest absolute Gasteiger partial charge is 0.372 e. The Morgan fingerprint density at radius 1 is 1.31 bits per heavy atom. The number of carbonyl (C=O) groups is 1. The zero-order valence-electron chi connectivity index (χ0n) is 14.9. The van der Waals surface area contributed by atoms with Crippen molar-refractivity contribution in [1.29, 1.82) is 0 Å². The van der Waals surface area contributed by atoms with Crippen molar-refractivity contribution in [3.05, 3.63) is 15.9 Å². The van der Waals surface area contributed by atoms with Crippen molar-refractivity contribution in [1.82, 2.24) is 20.0 Å². The lowest BCUT2D eigenvalue weighted by atomic mass is 10.1. The molecule has 0 unspecified atom stereocenters. The van der Waals surface area contributed by atoms with Gasteiger partial charge in [0.05, 0.1) is 10.2 Å². The minimum atomic E-state index is -4.28. The monoisotopic (exact) mass is 440 g/mol. The Morgan fingerprint density at radius 3 is 2.50 bits per heavy atom. The molecule has 6 nitrogen and oxygen atoms in total. The molecule has 1 aliphatic heterocycles. The van der Waals surface area contributed by atoms with Crippen molar-refractivity contribution in [2.45, 2.75) is 32.4 Å². The fourth-order valence-electron chi connectivity index (χ4n) is 2.77. The van der Waals surface area contributed by atoms with E-state index in [0.29, 0.717) is 49.3 Å². The highest BCUT2D eigenvalue weighted by Crippen LogP contribution is 2.26. The molecule has 2 heterocycles. The molecule has 1 aromatic heterocycles. The number of amides is 1. The molecule has 10 heteroatoms. The number of H-pyrrole nitrogens is 1. The highest BCUT2D eigenvalue weighted by atomic mass is 79.9. The molecule has 1 fully saturated rings. The number of carbonyl (C=O) groups excluding carboxylic acids is 1. The Balaban J connectivity index is 1.73. The number of nitrogens with one attached hydrogen (secondary N) is 1. The van der Waals surface area contributed by atoms with Crippen LogP contribution in [0.4, 0.5) is 13.2 Å². The van der Waals surface area contributed by atoms with Crippen LogP contribution >= 0.6 is 15.9 Å². The van der Waals surface area contributed by atoms with Gasteiger partial charge in [-0.05, 0) is 28.3 Å². The zero-order valence-corrected chi connectivity index (χ0v) is 16.5. The first-order chi connectivity index (χ1) is 12.2. The van der Waals surface area contributed by atoms with Gasteiger partial charge in [0, 0.05) is 39.3 Å². The molecule has 0 aromatic carbocycles. The van der Waals surface area contributed by atoms with Gasteiger partial charge < -0.3 is 9.64 Å². The third-order valence-corrected chi connectivity index (χ3v) is 5.00. The van der Waals surface area contributed by atoms with Crippen LogP contribution in [0.25, 0.3) is 0 Å². The first-order valence-electron chi connectivity index (χ1n) is 8.59. The fraction of sp³-hybridized carbons (Fsp3) is 0.750. The van der Waals surface area contributed by atoms with E-state index in [2.05, 4.69) is 35.8 Å². The molecule has 0 atom stereocenters. The minimum absolute atomic E-state index is 0.0802. The number of halogens is 4. The Hall–Kier alpha value is -1.13. The summed E-state index contributed by atoms with van der Waals surface area (Å²) in [5.41, 5.74) is 1.29. The number of piperazine rings is 1. The number of nitrogens with zero attached hydrogens (tertiary/aromatic N) is 3. The molecular weight excluding hydrogens is 417 g/mol. The van der Waals surface area contributed by atoms with E-state index in [9.17, 15) is 18.0 Å². The second-order valence-electron chi connectivity index (χ2n) is 6.61. The predicted octanol–water partition coefficient (Wildman–Crippen LogP) is 3.02. The predicted molar refractivity (Wildman–Crippen MR) is 94.2 cm³/mol. The third-order valence-electron chi connectivity index (χ3n) is 4.20. The van der Waals surface area contributed by atoms with Crippen molar-refractivity contribution >= 4 is 21.8 Å². The van der Waals surface area contributed by atoms with E-state index in [1.54, 1.807) is 4.90 Å². The van der Waals surface area contributed by atoms with Crippen LogP contribution < -0.4 is 0 Å². The second-order valence-corrected chi connectivity index (χ2v) is 7.40. The summed E-state index contributed by atoms with van der Waals surface area (Å²) >= 11 is 3.45. The normalized spacial score (nSPS) is 16.5. The highest BCUT2D eigenvalue weighted by molar-refractivity contribution is 9.10. The average molecular weight is 441 g/mol. The van der Waals surface area contributed by atoms with Gasteiger partial charge in [0.2, 0.25) is 0 Å². The first-order valence-corrected chi connectivity index (χ1v) is 9.38. The van der Waals surface area contributed by atoms with Crippen LogP contribution in [0.5, 0.6) is 0 Å². The molecular formula is C16H24BrF3N4O2. The molecule has 26 heavy (non-hydrogen) atoms. The van der Waals surface area contributed by atoms with E-state index in [0.717, 1.165) is 5.69 Å². The molecule has 0 radical (unpaired) electrons. The summed E-state index contributed by atoms with van der Waals surface area (Å²) < 4.78 is 41.3. The van der Waals surface area contributed by atoms with E-state index in [4.69, 9.17) is 0 Å². The number of alkyl halides is 3. The van der Waals surface area contributed by atoms with Gasteiger partial charge in [0.15, 0.2) is 5.69 Å². The molecule has 1 saturated heterocycles. The minimum Gasteiger partial charge on any atom is -0.372 e. The maximum Gasteiger partial charge on any atom is 0.411 e. The van der Waals surface area contributed by atoms with Gasteiger partial charge >= 0.3 is 6.18 Å². The molecule has 0 saturated carbocycles. The molecule has 1 aliphatic rings. The Morgan fingerprint density at radius 2 is 1.96 bits per heavy atom. The molecule has 0 aliphatic carbocycles. The van der Waals surface area contributed by atoms with Crippen molar-refractivity contribution in [3.8, 4) is 0 Å². The quantitative estimate of drug-likeness (QED) is 0.661. The van der Waals surface area contributed by atoms with Gasteiger partial charge in [0.1, 0.15) is 6.61 Å². The van der Waals surface area contributed by atoms with Gasteiger partial charge in [-0.15, -0.1) is 0 Å². The molecule has 1 aromatic rings. The fourth-order valence-corrected chi connectivity index (χ4v) is 3.57. The number of hydrogen-bond acceptors (Lipinski definition) is 4. The lowest BCUT2D eigenvalue weighted by Crippen LogP contribution is -2.49. The SMILES string of the molecule is CC(C)c1[nH]nc(C(=O)N2CCN(CCCOCC(F)(F)F)CC2)c1Br. The van der Waals surface area contributed by atoms with Crippen LogP contribution in [0.3, 0.4) is 0 Å². The Bertz CT molecular complexity index is 599. The van der Waals surface area contributed by atoms with Crippen LogP contribution in [-0.4, -0.2) is 78.0 Å². The molecule has 148 valence electrons. The van der Waals surface area contributed by atoms with Crippen molar-refractivity contribution in [2.75, 3.05) is 45.9 Å². The summed E-state index contributed by atoms with van der Waals surface area (Å²) in [6, 6.07) is 0. The van der Waals surface area contributed by atoms with Gasteiger partial charge in [-0.3, -0.25) is 14.8 Å². The van der Waals surface area contributed by atoms with Crippen LogP contribution in [0.1, 0.15) is 42.4 Å². The molecule has 1 N–H and O–H groups in total. The lowest BCUT2D eigenvalue weighted by Gasteiger charge is -2.34. The maximum atomic E-state index is 12.6. The van der Waals surface area contributed by atoms with Crippen LogP contribution in [0.15, 0.2) is 4.47 Å². The van der Waals surface area contributed by atoms with Crippen molar-refractivity contribution in [2.24, 2.45) is 0 Å². The van der Waals surface area contributed by atoms with E-state index in [-0.39, 0.29) is 18.4 Å². The van der Waals surface area contributed by atoms with E-state index < -0.39 is 12.8 Å². The molecule has 1 amide bonds. The summed E-state index contributed by atoms with van der Waals surface area (Å²) in [5.74, 6) is 0.114. The first kappa shape index (κ1) is 21.2. The van der Waals surface area contributed by atoms with Gasteiger partial charge in [0.25, 0.3) is 5.91 Å². The largest absolute Gasteiger partial charge is 0.411 e. The standard InChI is InChI=1S/C16H24BrF3N4O2/c1-11(2)13-12(17)14(22-21-13)15(25)24-7-5-23(6-8-24)4-3-9-26-10-16(18,19)20/h11H,3-10H2,1-2H3,(H,21,22). The van der Waals surface area contributed by atoms with Gasteiger partial charge in [-0.25, -0.2) is 0 Å². The van der Waals surface area contributed by atoms with Crippen LogP contribution in [0.2, 0.25) is 0 Å². The van der Waals surface area contributed by atoms with Gasteiger partial charge in [-0.1, -0.05) is 13.8 Å².